The summed E-state index contributed by atoms with van der Waals surface area (Å²) in [6.07, 6.45) is 0.388. The maximum absolute atomic E-state index is 11.2. The molecule has 1 N–H and O–H groups in total. The number of rotatable bonds is 2. The number of benzene rings is 1. The Morgan fingerprint density at radius 3 is 2.90 bits per heavy atom. The smallest absolute Gasteiger partial charge is 0.275 e. The molecule has 7 nitrogen and oxygen atoms in total. The Labute approximate surface area is 122 Å². The van der Waals surface area contributed by atoms with Crippen LogP contribution >= 0.6 is 15.9 Å². The fourth-order valence-electron chi connectivity index (χ4n) is 2.42. The molecule has 20 heavy (non-hydrogen) atoms. The van der Waals surface area contributed by atoms with Crippen molar-refractivity contribution in [1.29, 1.82) is 5.26 Å². The van der Waals surface area contributed by atoms with Gasteiger partial charge in [0, 0.05) is 24.5 Å². The molecule has 0 saturated carbocycles. The van der Waals surface area contributed by atoms with Gasteiger partial charge >= 0.3 is 0 Å². The van der Waals surface area contributed by atoms with Crippen LogP contribution in [0.1, 0.15) is 23.5 Å². The molecular weight excluding hydrogens is 330 g/mol. The zero-order valence-corrected chi connectivity index (χ0v) is 12.0. The number of nitro benzene ring substituents is 1. The Bertz CT molecular complexity index is 651. The molecule has 1 aromatic rings. The highest BCUT2D eigenvalue weighted by Crippen LogP contribution is 2.44. The summed E-state index contributed by atoms with van der Waals surface area (Å²) in [6, 6.07) is 3.36. The first-order chi connectivity index (χ1) is 9.53. The Balaban J connectivity index is 2.80. The number of hydrogen-bond acceptors (Lipinski definition) is 6. The summed E-state index contributed by atoms with van der Waals surface area (Å²) < 4.78 is 5.68. The number of hydrogen-bond donors (Lipinski definition) is 1. The summed E-state index contributed by atoms with van der Waals surface area (Å²) in [5.74, 6) is -0.307. The number of nitriles is 1. The maximum atomic E-state index is 11.2. The van der Waals surface area contributed by atoms with E-state index in [4.69, 9.17) is 9.94 Å². The normalized spacial score (nSPS) is 19.2. The second-order valence-corrected chi connectivity index (χ2v) is 5.14. The quantitative estimate of drug-likeness (QED) is 0.506. The first-order valence-electron chi connectivity index (χ1n) is 5.66. The molecule has 0 spiro atoms. The molecule has 0 aliphatic heterocycles. The van der Waals surface area contributed by atoms with Gasteiger partial charge in [0.15, 0.2) is 0 Å². The van der Waals surface area contributed by atoms with Crippen molar-refractivity contribution < 1.29 is 14.9 Å². The lowest BCUT2D eigenvalue weighted by Crippen LogP contribution is -2.20. The average molecular weight is 340 g/mol. The average Bonchev–Trinajstić information content (AvgIpc) is 2.44. The second kappa shape index (κ2) is 5.46. The Hall–Kier alpha value is -2.14. The highest BCUT2D eigenvalue weighted by atomic mass is 79.9. The van der Waals surface area contributed by atoms with Gasteiger partial charge in [0.05, 0.1) is 39.8 Å². The number of nitro groups is 1. The molecule has 0 fully saturated rings. The molecule has 1 atom stereocenters. The summed E-state index contributed by atoms with van der Waals surface area (Å²) >= 11 is 3.22. The van der Waals surface area contributed by atoms with Gasteiger partial charge < -0.3 is 9.94 Å². The van der Waals surface area contributed by atoms with Crippen molar-refractivity contribution in [3.63, 3.8) is 0 Å². The van der Waals surface area contributed by atoms with E-state index in [0.717, 1.165) is 0 Å². The van der Waals surface area contributed by atoms with Gasteiger partial charge in [-0.1, -0.05) is 5.16 Å². The van der Waals surface area contributed by atoms with E-state index in [1.165, 1.54) is 13.2 Å². The van der Waals surface area contributed by atoms with Crippen LogP contribution in [-0.4, -0.2) is 23.0 Å². The van der Waals surface area contributed by atoms with E-state index < -0.39 is 10.8 Å². The molecule has 1 aliphatic rings. The van der Waals surface area contributed by atoms with Crippen LogP contribution in [-0.2, 0) is 6.42 Å². The van der Waals surface area contributed by atoms with Crippen LogP contribution in [0.2, 0.25) is 0 Å². The minimum atomic E-state index is -0.730. The van der Waals surface area contributed by atoms with Crippen molar-refractivity contribution >= 4 is 27.3 Å². The highest BCUT2D eigenvalue weighted by molar-refractivity contribution is 9.10. The zero-order valence-electron chi connectivity index (χ0n) is 10.5. The largest absolute Gasteiger partial charge is 0.495 e. The topological polar surface area (TPSA) is 109 Å². The van der Waals surface area contributed by atoms with Crippen LogP contribution in [0.5, 0.6) is 5.75 Å². The second-order valence-electron chi connectivity index (χ2n) is 4.29. The number of nitrogens with zero attached hydrogens (tertiary/aromatic N) is 3. The van der Waals surface area contributed by atoms with E-state index >= 15 is 0 Å². The SMILES string of the molecule is COc1c(Br)cc([N+](=O)[O-])c2c1CC(=NO)CC2C#N. The summed E-state index contributed by atoms with van der Waals surface area (Å²) in [7, 11) is 1.44. The van der Waals surface area contributed by atoms with E-state index in [9.17, 15) is 15.4 Å². The van der Waals surface area contributed by atoms with Gasteiger partial charge in [0.1, 0.15) is 5.75 Å². The number of ether oxygens (including phenoxy) is 1. The molecular formula is C12H10BrN3O4. The Morgan fingerprint density at radius 1 is 1.70 bits per heavy atom. The lowest BCUT2D eigenvalue weighted by Gasteiger charge is -2.23. The van der Waals surface area contributed by atoms with Crippen molar-refractivity contribution in [2.45, 2.75) is 18.8 Å². The standard InChI is InChI=1S/C12H10BrN3O4/c1-20-12-8-3-7(15-17)2-6(5-14)11(8)10(16(18)19)4-9(12)13/h4,6,17H,2-3H2,1H3. The predicted octanol–water partition coefficient (Wildman–Crippen LogP) is 2.75. The fourth-order valence-corrected chi connectivity index (χ4v) is 3.04. The van der Waals surface area contributed by atoms with Gasteiger partial charge in [-0.05, 0) is 15.9 Å². The van der Waals surface area contributed by atoms with Gasteiger partial charge in [0.25, 0.3) is 5.69 Å². The molecule has 0 heterocycles. The van der Waals surface area contributed by atoms with Crippen LogP contribution in [0.15, 0.2) is 15.7 Å². The van der Waals surface area contributed by atoms with Crippen LogP contribution in [0.4, 0.5) is 5.69 Å². The Morgan fingerprint density at radius 2 is 2.40 bits per heavy atom. The minimum Gasteiger partial charge on any atom is -0.495 e. The minimum absolute atomic E-state index is 0.129. The summed E-state index contributed by atoms with van der Waals surface area (Å²) in [5.41, 5.74) is 1.12. The van der Waals surface area contributed by atoms with Gasteiger partial charge in [-0.3, -0.25) is 10.1 Å². The Kier molecular flexibility index (Phi) is 3.90. The molecule has 0 saturated heterocycles. The van der Waals surface area contributed by atoms with E-state index in [1.807, 2.05) is 6.07 Å². The predicted molar refractivity (Wildman–Crippen MR) is 73.2 cm³/mol. The van der Waals surface area contributed by atoms with E-state index in [1.54, 1.807) is 0 Å². The molecule has 8 heteroatoms. The molecule has 0 bridgehead atoms. The number of methoxy groups -OCH3 is 1. The van der Waals surface area contributed by atoms with Gasteiger partial charge in [-0.15, -0.1) is 0 Å². The third-order valence-electron chi connectivity index (χ3n) is 3.22. The van der Waals surface area contributed by atoms with Gasteiger partial charge in [0.2, 0.25) is 0 Å². The molecule has 0 amide bonds. The summed E-state index contributed by atoms with van der Waals surface area (Å²) in [4.78, 5) is 10.7. The van der Waals surface area contributed by atoms with Gasteiger partial charge in [-0.25, -0.2) is 0 Å². The zero-order chi connectivity index (χ0) is 14.9. The van der Waals surface area contributed by atoms with Crippen LogP contribution in [0.25, 0.3) is 0 Å². The van der Waals surface area contributed by atoms with Crippen molar-refractivity contribution in [3.05, 3.63) is 31.8 Å². The molecule has 1 aromatic carbocycles. The lowest BCUT2D eigenvalue weighted by atomic mass is 9.81. The summed E-state index contributed by atoms with van der Waals surface area (Å²) in [6.45, 7) is 0. The van der Waals surface area contributed by atoms with Gasteiger partial charge in [-0.2, -0.15) is 5.26 Å². The lowest BCUT2D eigenvalue weighted by molar-refractivity contribution is -0.385. The highest BCUT2D eigenvalue weighted by Gasteiger charge is 2.35. The molecule has 1 aliphatic carbocycles. The first kappa shape index (κ1) is 14.3. The van der Waals surface area contributed by atoms with Crippen LogP contribution in [0, 0.1) is 21.4 Å². The van der Waals surface area contributed by atoms with Crippen LogP contribution < -0.4 is 4.74 Å². The van der Waals surface area contributed by atoms with E-state index in [-0.39, 0.29) is 18.5 Å². The number of fused-ring (bicyclic) bond motifs is 1. The van der Waals surface area contributed by atoms with E-state index in [2.05, 4.69) is 21.1 Å². The van der Waals surface area contributed by atoms with Crippen molar-refractivity contribution in [1.82, 2.24) is 0 Å². The first-order valence-corrected chi connectivity index (χ1v) is 6.45. The molecule has 0 radical (unpaired) electrons. The number of halogens is 1. The van der Waals surface area contributed by atoms with E-state index in [0.29, 0.717) is 27.1 Å². The van der Waals surface area contributed by atoms with Crippen LogP contribution in [0.3, 0.4) is 0 Å². The number of oxime groups is 1. The fraction of sp³-hybridized carbons (Fsp3) is 0.333. The van der Waals surface area contributed by atoms with Crippen molar-refractivity contribution in [2.75, 3.05) is 7.11 Å². The third kappa shape index (κ3) is 2.20. The third-order valence-corrected chi connectivity index (χ3v) is 3.81. The molecule has 0 aromatic heterocycles. The molecule has 104 valence electrons. The monoisotopic (exact) mass is 339 g/mol. The molecule has 1 unspecified atom stereocenters. The van der Waals surface area contributed by atoms with Crippen molar-refractivity contribution in [2.24, 2.45) is 5.16 Å². The maximum Gasteiger partial charge on any atom is 0.275 e. The van der Waals surface area contributed by atoms with Crippen molar-refractivity contribution in [3.8, 4) is 11.8 Å². The summed E-state index contributed by atoms with van der Waals surface area (Å²) in [5, 5.41) is 32.5. The molecule has 2 rings (SSSR count).